The fraction of sp³-hybridized carbons (Fsp3) is 0.667. The highest BCUT2D eigenvalue weighted by Gasteiger charge is 2.38. The van der Waals surface area contributed by atoms with E-state index in [1.54, 1.807) is 0 Å². The molecule has 1 atom stereocenters. The second-order valence-electron chi connectivity index (χ2n) is 4.28. The molecule has 0 saturated heterocycles. The Hall–Kier alpha value is -1.40. The monoisotopic (exact) mass is 256 g/mol. The summed E-state index contributed by atoms with van der Waals surface area (Å²) in [5.74, 6) is 0.468. The van der Waals surface area contributed by atoms with E-state index in [9.17, 15) is 5.11 Å². The lowest BCUT2D eigenvalue weighted by molar-refractivity contribution is -0.0749. The first-order valence-electron chi connectivity index (χ1n) is 5.66. The molecule has 0 bridgehead atoms. The Bertz CT molecular complexity index is 398. The van der Waals surface area contributed by atoms with Gasteiger partial charge in [0.2, 0.25) is 11.8 Å². The van der Waals surface area contributed by atoms with Crippen LogP contribution in [0.2, 0.25) is 0 Å². The summed E-state index contributed by atoms with van der Waals surface area (Å²) in [6.45, 7) is 3.87. The summed E-state index contributed by atoms with van der Waals surface area (Å²) in [5, 5.41) is 10.7. The van der Waals surface area contributed by atoms with Crippen molar-refractivity contribution in [3.63, 3.8) is 0 Å². The van der Waals surface area contributed by atoms with Crippen LogP contribution in [0.5, 0.6) is 11.8 Å². The number of hydrogen-bond donors (Lipinski definition) is 1. The molecule has 0 amide bonds. The normalized spacial score (nSPS) is 14.4. The molecule has 1 rings (SSSR count). The molecule has 1 N–H and O–H groups in total. The second-order valence-corrected chi connectivity index (χ2v) is 4.28. The van der Waals surface area contributed by atoms with Crippen molar-refractivity contribution < 1.29 is 19.3 Å². The summed E-state index contributed by atoms with van der Waals surface area (Å²) in [6, 6.07) is 0. The third-order valence-electron chi connectivity index (χ3n) is 2.85. The molecule has 18 heavy (non-hydrogen) atoms. The predicted molar refractivity (Wildman–Crippen MR) is 65.7 cm³/mol. The zero-order chi connectivity index (χ0) is 13.8. The van der Waals surface area contributed by atoms with Gasteiger partial charge in [0.1, 0.15) is 11.3 Å². The molecular formula is C12H20N2O4. The molecule has 1 unspecified atom stereocenters. The largest absolute Gasteiger partial charge is 0.480 e. The van der Waals surface area contributed by atoms with Crippen LogP contribution in [-0.4, -0.2) is 43.0 Å². The van der Waals surface area contributed by atoms with Crippen molar-refractivity contribution in [1.29, 1.82) is 0 Å². The fourth-order valence-corrected chi connectivity index (χ4v) is 1.62. The highest BCUT2D eigenvalue weighted by molar-refractivity contribution is 5.28. The Labute approximate surface area is 107 Å². The van der Waals surface area contributed by atoms with Gasteiger partial charge in [-0.1, -0.05) is 13.8 Å². The maximum atomic E-state index is 10.7. The molecule has 1 aromatic rings. The van der Waals surface area contributed by atoms with Gasteiger partial charge in [0.15, 0.2) is 0 Å². The number of methoxy groups -OCH3 is 3. The molecule has 0 aliphatic heterocycles. The first kappa shape index (κ1) is 14.7. The van der Waals surface area contributed by atoms with Crippen LogP contribution in [0.4, 0.5) is 0 Å². The molecule has 1 aromatic heterocycles. The van der Waals surface area contributed by atoms with Crippen LogP contribution >= 0.6 is 0 Å². The lowest BCUT2D eigenvalue weighted by Gasteiger charge is -2.31. The Kier molecular flexibility index (Phi) is 4.86. The summed E-state index contributed by atoms with van der Waals surface area (Å²) in [7, 11) is 4.49. The lowest BCUT2D eigenvalue weighted by Crippen LogP contribution is -2.38. The summed E-state index contributed by atoms with van der Waals surface area (Å²) in [5.41, 5.74) is -0.901. The van der Waals surface area contributed by atoms with Crippen LogP contribution in [0.15, 0.2) is 6.20 Å². The predicted octanol–water partition coefficient (Wildman–Crippen LogP) is 0.984. The van der Waals surface area contributed by atoms with Crippen LogP contribution in [-0.2, 0) is 10.3 Å². The molecule has 0 saturated carbocycles. The summed E-state index contributed by atoms with van der Waals surface area (Å²) in [4.78, 5) is 8.31. The van der Waals surface area contributed by atoms with E-state index < -0.39 is 5.60 Å². The minimum Gasteiger partial charge on any atom is -0.480 e. The van der Waals surface area contributed by atoms with E-state index in [2.05, 4.69) is 9.97 Å². The topological polar surface area (TPSA) is 73.7 Å². The Morgan fingerprint density at radius 1 is 1.28 bits per heavy atom. The molecule has 0 aliphatic rings. The lowest BCUT2D eigenvalue weighted by atomic mass is 9.87. The third-order valence-corrected chi connectivity index (χ3v) is 2.85. The standard InChI is InChI=1S/C12H20N2O4/c1-8(2)12(15,7-16-3)10-11(18-5)14-9(17-4)6-13-10/h6,8,15H,7H2,1-5H3. The van der Waals surface area contributed by atoms with Crippen molar-refractivity contribution in [2.24, 2.45) is 5.92 Å². The smallest absolute Gasteiger partial charge is 0.241 e. The van der Waals surface area contributed by atoms with Gasteiger partial charge in [-0.05, 0) is 5.92 Å². The van der Waals surface area contributed by atoms with Gasteiger partial charge >= 0.3 is 0 Å². The number of rotatable bonds is 6. The number of aliphatic hydroxyl groups is 1. The summed E-state index contributed by atoms with van der Waals surface area (Å²) >= 11 is 0. The highest BCUT2D eigenvalue weighted by atomic mass is 16.5. The number of aromatic nitrogens is 2. The Balaban J connectivity index is 3.27. The van der Waals surface area contributed by atoms with E-state index in [1.807, 2.05) is 13.8 Å². The number of ether oxygens (including phenoxy) is 3. The van der Waals surface area contributed by atoms with Crippen LogP contribution in [0.1, 0.15) is 19.5 Å². The zero-order valence-corrected chi connectivity index (χ0v) is 11.4. The third kappa shape index (κ3) is 2.70. The van der Waals surface area contributed by atoms with Gasteiger partial charge in [-0.25, -0.2) is 4.98 Å². The molecule has 0 radical (unpaired) electrons. The SMILES string of the molecule is COCC(O)(c1ncc(OC)nc1OC)C(C)C. The maximum Gasteiger partial charge on any atom is 0.241 e. The zero-order valence-electron chi connectivity index (χ0n) is 11.4. The van der Waals surface area contributed by atoms with Crippen molar-refractivity contribution in [2.45, 2.75) is 19.4 Å². The summed E-state index contributed by atoms with van der Waals surface area (Å²) < 4.78 is 15.2. The molecule has 6 nitrogen and oxygen atoms in total. The Morgan fingerprint density at radius 2 is 1.94 bits per heavy atom. The van der Waals surface area contributed by atoms with Crippen LogP contribution in [0.25, 0.3) is 0 Å². The minimum absolute atomic E-state index is 0.103. The number of nitrogens with zero attached hydrogens (tertiary/aromatic N) is 2. The van der Waals surface area contributed by atoms with Crippen molar-refractivity contribution in [3.05, 3.63) is 11.9 Å². The van der Waals surface area contributed by atoms with Gasteiger partial charge in [0.25, 0.3) is 0 Å². The molecule has 0 spiro atoms. The van der Waals surface area contributed by atoms with Crippen molar-refractivity contribution >= 4 is 0 Å². The molecule has 102 valence electrons. The van der Waals surface area contributed by atoms with E-state index in [4.69, 9.17) is 14.2 Å². The van der Waals surface area contributed by atoms with E-state index in [-0.39, 0.29) is 18.4 Å². The van der Waals surface area contributed by atoms with Gasteiger partial charge in [-0.15, -0.1) is 0 Å². The minimum atomic E-state index is -1.25. The van der Waals surface area contributed by atoms with E-state index >= 15 is 0 Å². The maximum absolute atomic E-state index is 10.7. The quantitative estimate of drug-likeness (QED) is 0.818. The Morgan fingerprint density at radius 3 is 2.39 bits per heavy atom. The van der Waals surface area contributed by atoms with Gasteiger partial charge in [-0.3, -0.25) is 0 Å². The first-order valence-corrected chi connectivity index (χ1v) is 5.66. The molecule has 0 aromatic carbocycles. The molecule has 0 aliphatic carbocycles. The first-order chi connectivity index (χ1) is 8.49. The van der Waals surface area contributed by atoms with Crippen molar-refractivity contribution in [2.75, 3.05) is 27.9 Å². The van der Waals surface area contributed by atoms with E-state index in [1.165, 1.54) is 27.5 Å². The molecule has 6 heteroatoms. The van der Waals surface area contributed by atoms with Crippen molar-refractivity contribution in [1.82, 2.24) is 9.97 Å². The van der Waals surface area contributed by atoms with Crippen molar-refractivity contribution in [3.8, 4) is 11.8 Å². The van der Waals surface area contributed by atoms with Crippen LogP contribution in [0.3, 0.4) is 0 Å². The van der Waals surface area contributed by atoms with Crippen LogP contribution in [0, 0.1) is 5.92 Å². The highest BCUT2D eigenvalue weighted by Crippen LogP contribution is 2.34. The fourth-order valence-electron chi connectivity index (χ4n) is 1.62. The van der Waals surface area contributed by atoms with Crippen LogP contribution < -0.4 is 9.47 Å². The number of hydrogen-bond acceptors (Lipinski definition) is 6. The van der Waals surface area contributed by atoms with E-state index in [0.29, 0.717) is 11.6 Å². The van der Waals surface area contributed by atoms with Gasteiger partial charge < -0.3 is 19.3 Å². The van der Waals surface area contributed by atoms with Gasteiger partial charge in [0.05, 0.1) is 27.0 Å². The average molecular weight is 256 g/mol. The van der Waals surface area contributed by atoms with Gasteiger partial charge in [-0.2, -0.15) is 4.98 Å². The molecule has 0 fully saturated rings. The second kappa shape index (κ2) is 5.97. The average Bonchev–Trinajstić information content (AvgIpc) is 2.37. The van der Waals surface area contributed by atoms with E-state index in [0.717, 1.165) is 0 Å². The van der Waals surface area contributed by atoms with Gasteiger partial charge in [0, 0.05) is 7.11 Å². The molecule has 1 heterocycles. The summed E-state index contributed by atoms with van der Waals surface area (Å²) in [6.07, 6.45) is 1.45. The molecular weight excluding hydrogens is 236 g/mol.